The fraction of sp³-hybridized carbons (Fsp3) is 0.611. The van der Waals surface area contributed by atoms with Gasteiger partial charge in [-0.2, -0.15) is 0 Å². The molecule has 0 spiro atoms. The largest absolute Gasteiger partial charge is 0.507 e. The Morgan fingerprint density at radius 3 is 0.624 bits per heavy atom. The molecule has 0 fully saturated rings. The maximum atomic E-state index is 14.8. The normalized spacial score (nSPS) is 15.3. The summed E-state index contributed by atoms with van der Waals surface area (Å²) < 4.78 is 25.1. The molecule has 0 saturated carbocycles. The monoisotopic (exact) mass is 1190 g/mol. The van der Waals surface area contributed by atoms with Gasteiger partial charge in [0.2, 0.25) is 0 Å². The summed E-state index contributed by atoms with van der Waals surface area (Å²) in [5.74, 6) is -5.67. The van der Waals surface area contributed by atoms with E-state index in [2.05, 4.69) is 0 Å². The molecule has 0 bridgehead atoms. The summed E-state index contributed by atoms with van der Waals surface area (Å²) in [6, 6.07) is 14.5. The fourth-order valence-electron chi connectivity index (χ4n) is 10.1. The van der Waals surface area contributed by atoms with Crippen LogP contribution in [-0.4, -0.2) is 68.4 Å². The molecule has 0 radical (unpaired) electrons. The highest BCUT2D eigenvalue weighted by molar-refractivity contribution is 8.00. The number of carbonyl (C=O) groups is 4. The molecule has 0 aliphatic carbocycles. The molecule has 12 nitrogen and oxygen atoms in total. The van der Waals surface area contributed by atoms with E-state index in [0.717, 1.165) is 11.8 Å². The van der Waals surface area contributed by atoms with E-state index in [1.807, 2.05) is 215 Å². The number of aromatic hydroxyl groups is 4. The van der Waals surface area contributed by atoms with E-state index in [9.17, 15) is 39.6 Å². The first-order valence-corrected chi connectivity index (χ1v) is 31.0. The van der Waals surface area contributed by atoms with Crippen molar-refractivity contribution in [2.24, 2.45) is 0 Å². The van der Waals surface area contributed by atoms with Crippen molar-refractivity contribution in [1.29, 1.82) is 0 Å². The highest BCUT2D eigenvalue weighted by Gasteiger charge is 2.37. The van der Waals surface area contributed by atoms with Crippen LogP contribution in [0, 0.1) is 0 Å². The zero-order valence-electron chi connectivity index (χ0n) is 57.0. The van der Waals surface area contributed by atoms with Gasteiger partial charge in [0.25, 0.3) is 0 Å². The third-order valence-electron chi connectivity index (χ3n) is 15.9. The molecule has 0 aromatic heterocycles. The van der Waals surface area contributed by atoms with Gasteiger partial charge in [-0.25, -0.2) is 0 Å². The van der Waals surface area contributed by atoms with Crippen molar-refractivity contribution in [3.8, 4) is 23.0 Å². The van der Waals surface area contributed by atoms with Crippen LogP contribution in [0.15, 0.2) is 48.5 Å². The Labute approximate surface area is 515 Å². The van der Waals surface area contributed by atoms with Gasteiger partial charge in [0.1, 0.15) is 36.2 Å². The van der Waals surface area contributed by atoms with E-state index >= 15 is 0 Å². The number of phenols is 4. The molecule has 4 N–H and O–H groups in total. The molecule has 472 valence electrons. The van der Waals surface area contributed by atoms with Crippen molar-refractivity contribution in [3.63, 3.8) is 0 Å². The quantitative estimate of drug-likeness (QED) is 0.0472. The van der Waals surface area contributed by atoms with Gasteiger partial charge in [-0.15, -0.1) is 0 Å². The molecule has 6 atom stereocenters. The summed E-state index contributed by atoms with van der Waals surface area (Å²) in [5, 5.41) is 46.3. The van der Waals surface area contributed by atoms with Crippen LogP contribution in [0.3, 0.4) is 0 Å². The fourth-order valence-corrected chi connectivity index (χ4v) is 11.1. The number of thioether (sulfide) groups is 1. The number of esters is 4. The van der Waals surface area contributed by atoms with E-state index < -0.39 is 115 Å². The molecule has 0 heterocycles. The van der Waals surface area contributed by atoms with Crippen molar-refractivity contribution in [2.75, 3.05) is 13.2 Å². The van der Waals surface area contributed by atoms with Gasteiger partial charge < -0.3 is 39.4 Å². The van der Waals surface area contributed by atoms with Crippen LogP contribution in [-0.2, 0) is 81.4 Å². The van der Waals surface area contributed by atoms with Crippen LogP contribution in [0.4, 0.5) is 0 Å². The molecule has 13 heteroatoms. The van der Waals surface area contributed by atoms with Crippen molar-refractivity contribution in [1.82, 2.24) is 0 Å². The summed E-state index contributed by atoms with van der Waals surface area (Å²) in [7, 11) is 0. The first kappa shape index (κ1) is 71.8. The topological polar surface area (TPSA) is 186 Å². The van der Waals surface area contributed by atoms with Crippen LogP contribution in [0.2, 0.25) is 0 Å². The summed E-state index contributed by atoms with van der Waals surface area (Å²) in [6.45, 7) is 53.4. The Hall–Kier alpha value is -5.69. The zero-order valence-corrected chi connectivity index (χ0v) is 57.8. The average molecular weight is 1200 g/mol. The van der Waals surface area contributed by atoms with Crippen LogP contribution < -0.4 is 0 Å². The number of phenolic OH excluding ortho intramolecular Hbond substituents is 4. The number of carbonyl (C=O) groups excluding carboxylic acids is 4. The third-order valence-corrected chi connectivity index (χ3v) is 17.0. The first-order valence-electron chi connectivity index (χ1n) is 30.1. The van der Waals surface area contributed by atoms with Crippen molar-refractivity contribution < 1.29 is 58.6 Å². The predicted octanol–water partition coefficient (Wildman–Crippen LogP) is 17.0. The Kier molecular flexibility index (Phi) is 21.6. The lowest BCUT2D eigenvalue weighted by molar-refractivity contribution is -0.157. The van der Waals surface area contributed by atoms with Crippen LogP contribution >= 0.6 is 11.8 Å². The summed E-state index contributed by atoms with van der Waals surface area (Å²) in [6.07, 6.45) is 0. The smallest absolute Gasteiger partial charge is 0.314 e. The van der Waals surface area contributed by atoms with E-state index in [1.165, 1.54) is 0 Å². The molecule has 4 aromatic carbocycles. The van der Waals surface area contributed by atoms with E-state index in [0.29, 0.717) is 66.8 Å². The molecule has 85 heavy (non-hydrogen) atoms. The Bertz CT molecular complexity index is 2740. The minimum Gasteiger partial charge on any atom is -0.507 e. The second kappa shape index (κ2) is 25.6. The third kappa shape index (κ3) is 17.7. The molecule has 4 rings (SSSR count). The van der Waals surface area contributed by atoms with E-state index in [-0.39, 0.29) is 23.0 Å². The lowest BCUT2D eigenvalue weighted by Crippen LogP contribution is -2.32. The lowest BCUT2D eigenvalue weighted by Gasteiger charge is -2.30. The van der Waals surface area contributed by atoms with E-state index in [1.54, 1.807) is 27.7 Å². The molecule has 0 aliphatic heterocycles. The standard InChI is InChI=1S/C72H106O12S/c1-39(43-29-47(65(5,6)7)57(73)48(30-43)66(8,9)10)61(77)81-37-55(83-63(79)41(3)45-33-51(69(17,18)19)59(75)52(34-45)70(20,21)22)85-56(84-64(80)42(4)46-35-53(71(23,24)25)60(76)54(36-46)72(26,27)28)38-82-62(78)40(2)44-31-49(67(11,12)13)58(74)50(32-44)68(14,15)16/h29-36,39-42,55-56,73-76H,37-38H2,1-28H3. The second-order valence-electron chi connectivity index (χ2n) is 31.9. The van der Waals surface area contributed by atoms with Crippen molar-refractivity contribution >= 4 is 35.6 Å². The van der Waals surface area contributed by atoms with Gasteiger partial charge in [0.05, 0.1) is 23.7 Å². The highest BCUT2D eigenvalue weighted by Crippen LogP contribution is 2.46. The number of hydrogen-bond acceptors (Lipinski definition) is 13. The van der Waals surface area contributed by atoms with Crippen LogP contribution in [0.5, 0.6) is 23.0 Å². The lowest BCUT2D eigenvalue weighted by atomic mass is 9.77. The predicted molar refractivity (Wildman–Crippen MR) is 345 cm³/mol. The van der Waals surface area contributed by atoms with E-state index in [4.69, 9.17) is 18.9 Å². The summed E-state index contributed by atoms with van der Waals surface area (Å²) in [5.41, 5.74) is 0.940. The van der Waals surface area contributed by atoms with Crippen LogP contribution in [0.25, 0.3) is 0 Å². The highest BCUT2D eigenvalue weighted by atomic mass is 32.2. The molecule has 0 saturated heterocycles. The summed E-state index contributed by atoms with van der Waals surface area (Å²) in [4.78, 5) is 58.7. The van der Waals surface area contributed by atoms with Gasteiger partial charge in [0.15, 0.2) is 10.9 Å². The van der Waals surface area contributed by atoms with Crippen LogP contribution in [0.1, 0.15) is 284 Å². The average Bonchev–Trinajstić information content (AvgIpc) is 2.29. The zero-order chi connectivity index (χ0) is 65.6. The molecule has 0 amide bonds. The molecular formula is C72H106O12S. The van der Waals surface area contributed by atoms with Gasteiger partial charge >= 0.3 is 23.9 Å². The Balaban J connectivity index is 1.92. The number of hydrogen-bond donors (Lipinski definition) is 4. The Morgan fingerprint density at radius 1 is 0.318 bits per heavy atom. The maximum Gasteiger partial charge on any atom is 0.314 e. The molecular weight excluding hydrogens is 1090 g/mol. The molecule has 6 unspecified atom stereocenters. The first-order chi connectivity index (χ1) is 38.2. The van der Waals surface area contributed by atoms with Gasteiger partial charge in [-0.05, 0) is 138 Å². The molecule has 4 aromatic rings. The van der Waals surface area contributed by atoms with Gasteiger partial charge in [-0.3, -0.25) is 19.2 Å². The number of ether oxygens (including phenoxy) is 4. The SMILES string of the molecule is CC(C(=O)OCC(OC(=O)C(C)c1cc(C(C)(C)C)c(O)c(C(C)(C)C)c1)SC(COC(=O)C(C)c1cc(C(C)(C)C)c(O)c(C(C)(C)C)c1)OC(=O)C(C)c1cc(C(C)(C)C)c(O)c(C(C)(C)C)c1)c1cc(C(C)(C)C)c(O)c(C(C)(C)C)c1. The van der Waals surface area contributed by atoms with Crippen molar-refractivity contribution in [3.05, 3.63) is 115 Å². The number of benzene rings is 4. The number of rotatable bonds is 16. The van der Waals surface area contributed by atoms with Gasteiger partial charge in [-0.1, -0.05) is 226 Å². The molecule has 0 aliphatic rings. The van der Waals surface area contributed by atoms with Crippen molar-refractivity contribution in [2.45, 2.75) is 272 Å². The minimum absolute atomic E-state index is 0.144. The Morgan fingerprint density at radius 2 is 0.471 bits per heavy atom. The minimum atomic E-state index is -1.36. The maximum absolute atomic E-state index is 14.8. The second-order valence-corrected chi connectivity index (χ2v) is 33.2. The van der Waals surface area contributed by atoms with Gasteiger partial charge in [0, 0.05) is 0 Å². The summed E-state index contributed by atoms with van der Waals surface area (Å²) >= 11 is 0.846.